The van der Waals surface area contributed by atoms with Gasteiger partial charge in [0.25, 0.3) is 11.8 Å². The number of imide groups is 1. The summed E-state index contributed by atoms with van der Waals surface area (Å²) in [4.78, 5) is 30.8. The highest BCUT2D eigenvalue weighted by Crippen LogP contribution is 2.31. The minimum Gasteiger partial charge on any atom is -0.268 e. The molecule has 1 aromatic heterocycles. The molecule has 0 bridgehead atoms. The summed E-state index contributed by atoms with van der Waals surface area (Å²) in [5.41, 5.74) is 3.22. The fraction of sp³-hybridized carbons (Fsp3) is 0.0556. The van der Waals surface area contributed by atoms with Crippen LogP contribution in [0, 0.1) is 6.92 Å². The molecule has 2 heterocycles. The van der Waals surface area contributed by atoms with Crippen LogP contribution in [0.25, 0.3) is 11.3 Å². The van der Waals surface area contributed by atoms with Crippen molar-refractivity contribution in [1.82, 2.24) is 4.98 Å². The van der Waals surface area contributed by atoms with Crippen LogP contribution in [0.1, 0.15) is 25.7 Å². The molecule has 2 amide bonds. The smallest absolute Gasteiger partial charge is 0.266 e. The van der Waals surface area contributed by atoms with Gasteiger partial charge in [-0.25, -0.2) is 9.88 Å². The Morgan fingerprint density at radius 1 is 0.957 bits per heavy atom. The number of nitrogens with zero attached hydrogens (tertiary/aromatic N) is 2. The van der Waals surface area contributed by atoms with Crippen LogP contribution in [0.3, 0.4) is 0 Å². The van der Waals surface area contributed by atoms with Crippen LogP contribution in [-0.2, 0) is 0 Å². The summed E-state index contributed by atoms with van der Waals surface area (Å²) >= 11 is 1.57. The van der Waals surface area contributed by atoms with Crippen molar-refractivity contribution in [2.24, 2.45) is 0 Å². The second kappa shape index (κ2) is 5.14. The normalized spacial score (nSPS) is 13.5. The van der Waals surface area contributed by atoms with E-state index in [1.807, 2.05) is 30.5 Å². The van der Waals surface area contributed by atoms with E-state index in [9.17, 15) is 9.59 Å². The van der Waals surface area contributed by atoms with Gasteiger partial charge in [0.2, 0.25) is 0 Å². The van der Waals surface area contributed by atoms with E-state index in [0.29, 0.717) is 16.8 Å². The second-order valence-corrected chi connectivity index (χ2v) is 6.36. The van der Waals surface area contributed by atoms with Gasteiger partial charge in [0.15, 0.2) is 0 Å². The Bertz CT molecular complexity index is 910. The lowest BCUT2D eigenvalue weighted by Crippen LogP contribution is -2.29. The molecule has 4 nitrogen and oxygen atoms in total. The van der Waals surface area contributed by atoms with E-state index in [1.165, 1.54) is 4.90 Å². The maximum absolute atomic E-state index is 12.6. The highest BCUT2D eigenvalue weighted by Gasteiger charge is 2.36. The number of aryl methyl sites for hydroxylation is 1. The molecule has 5 heteroatoms. The Labute approximate surface area is 137 Å². The molecule has 4 rings (SSSR count). The van der Waals surface area contributed by atoms with Crippen LogP contribution in [0.5, 0.6) is 0 Å². The Hall–Kier alpha value is -2.79. The first-order valence-electron chi connectivity index (χ1n) is 7.15. The Morgan fingerprint density at radius 2 is 1.65 bits per heavy atom. The fourth-order valence-electron chi connectivity index (χ4n) is 2.72. The van der Waals surface area contributed by atoms with E-state index in [1.54, 1.807) is 41.7 Å². The summed E-state index contributed by atoms with van der Waals surface area (Å²) in [6, 6.07) is 14.3. The summed E-state index contributed by atoms with van der Waals surface area (Å²) < 4.78 is 0. The maximum atomic E-state index is 12.6. The molecule has 0 saturated carbocycles. The molecule has 0 unspecified atom stereocenters. The molecule has 0 aliphatic carbocycles. The van der Waals surface area contributed by atoms with Crippen molar-refractivity contribution in [3.63, 3.8) is 0 Å². The van der Waals surface area contributed by atoms with Crippen molar-refractivity contribution in [2.45, 2.75) is 6.92 Å². The van der Waals surface area contributed by atoms with Crippen molar-refractivity contribution >= 4 is 28.8 Å². The zero-order valence-corrected chi connectivity index (χ0v) is 13.1. The average molecular weight is 320 g/mol. The summed E-state index contributed by atoms with van der Waals surface area (Å²) in [6.07, 6.45) is 0. The monoisotopic (exact) mass is 320 g/mol. The van der Waals surface area contributed by atoms with Crippen LogP contribution in [0.4, 0.5) is 5.69 Å². The van der Waals surface area contributed by atoms with Gasteiger partial charge in [0.1, 0.15) is 0 Å². The second-order valence-electron chi connectivity index (χ2n) is 5.29. The molecule has 112 valence electrons. The fourth-order valence-corrected chi connectivity index (χ4v) is 3.35. The first-order valence-corrected chi connectivity index (χ1v) is 8.03. The van der Waals surface area contributed by atoms with Crippen molar-refractivity contribution in [2.75, 3.05) is 4.90 Å². The predicted molar refractivity (Wildman–Crippen MR) is 89.9 cm³/mol. The third kappa shape index (κ3) is 2.17. The summed E-state index contributed by atoms with van der Waals surface area (Å²) in [5, 5.41) is 2.95. The summed E-state index contributed by atoms with van der Waals surface area (Å²) in [6.45, 7) is 1.95. The lowest BCUT2D eigenvalue weighted by molar-refractivity contribution is 0.0926. The third-order valence-electron chi connectivity index (χ3n) is 3.81. The predicted octanol–water partition coefficient (Wildman–Crippen LogP) is 3.92. The molecule has 0 N–H and O–H groups in total. The largest absolute Gasteiger partial charge is 0.268 e. The highest BCUT2D eigenvalue weighted by atomic mass is 32.1. The first kappa shape index (κ1) is 13.8. The van der Waals surface area contributed by atoms with Crippen molar-refractivity contribution < 1.29 is 9.59 Å². The van der Waals surface area contributed by atoms with Crippen molar-refractivity contribution in [3.05, 3.63) is 70.0 Å². The zero-order chi connectivity index (χ0) is 16.0. The van der Waals surface area contributed by atoms with E-state index in [0.717, 1.165) is 16.3 Å². The van der Waals surface area contributed by atoms with Gasteiger partial charge in [0, 0.05) is 10.9 Å². The molecule has 0 saturated heterocycles. The molecule has 0 atom stereocenters. The number of rotatable bonds is 2. The van der Waals surface area contributed by atoms with E-state index < -0.39 is 0 Å². The molecule has 1 aliphatic heterocycles. The van der Waals surface area contributed by atoms with Gasteiger partial charge in [-0.1, -0.05) is 24.3 Å². The Balaban J connectivity index is 1.78. The standard InChI is InChI=1S/C18H12N2O2S/c1-11-19-16(10-23-11)12-5-4-6-13(9-12)20-17(21)14-7-2-3-8-15(14)18(20)22/h2-10H,1H3. The van der Waals surface area contributed by atoms with Crippen LogP contribution < -0.4 is 4.90 Å². The van der Waals surface area contributed by atoms with E-state index in [-0.39, 0.29) is 11.8 Å². The lowest BCUT2D eigenvalue weighted by Gasteiger charge is -2.14. The van der Waals surface area contributed by atoms with Crippen LogP contribution in [0.2, 0.25) is 0 Å². The molecule has 0 fully saturated rings. The number of carbonyl (C=O) groups excluding carboxylic acids is 2. The molecule has 23 heavy (non-hydrogen) atoms. The number of fused-ring (bicyclic) bond motifs is 1. The third-order valence-corrected chi connectivity index (χ3v) is 4.59. The van der Waals surface area contributed by atoms with E-state index >= 15 is 0 Å². The van der Waals surface area contributed by atoms with Gasteiger partial charge >= 0.3 is 0 Å². The minimum atomic E-state index is -0.280. The van der Waals surface area contributed by atoms with E-state index in [4.69, 9.17) is 0 Å². The maximum Gasteiger partial charge on any atom is 0.266 e. The topological polar surface area (TPSA) is 50.3 Å². The lowest BCUT2D eigenvalue weighted by atomic mass is 10.1. The van der Waals surface area contributed by atoms with Crippen LogP contribution in [-0.4, -0.2) is 16.8 Å². The number of hydrogen-bond acceptors (Lipinski definition) is 4. The van der Waals surface area contributed by atoms with Gasteiger partial charge in [-0.2, -0.15) is 0 Å². The Morgan fingerprint density at radius 3 is 2.26 bits per heavy atom. The zero-order valence-electron chi connectivity index (χ0n) is 12.3. The number of thiazole rings is 1. The number of hydrogen-bond donors (Lipinski definition) is 0. The summed E-state index contributed by atoms with van der Waals surface area (Å²) in [7, 11) is 0. The van der Waals surface area contributed by atoms with Gasteiger partial charge in [-0.3, -0.25) is 9.59 Å². The molecule has 0 radical (unpaired) electrons. The SMILES string of the molecule is Cc1nc(-c2cccc(N3C(=O)c4ccccc4C3=O)c2)cs1. The average Bonchev–Trinajstić information content (AvgIpc) is 3.11. The number of anilines is 1. The van der Waals surface area contributed by atoms with Gasteiger partial charge < -0.3 is 0 Å². The van der Waals surface area contributed by atoms with Crippen molar-refractivity contribution in [1.29, 1.82) is 0 Å². The minimum absolute atomic E-state index is 0.280. The molecular formula is C18H12N2O2S. The summed E-state index contributed by atoms with van der Waals surface area (Å²) in [5.74, 6) is -0.561. The van der Waals surface area contributed by atoms with Crippen molar-refractivity contribution in [3.8, 4) is 11.3 Å². The first-order chi connectivity index (χ1) is 11.1. The number of amides is 2. The molecule has 2 aromatic carbocycles. The Kier molecular flexibility index (Phi) is 3.09. The van der Waals surface area contributed by atoms with Crippen LogP contribution in [0.15, 0.2) is 53.9 Å². The van der Waals surface area contributed by atoms with E-state index in [2.05, 4.69) is 4.98 Å². The number of aromatic nitrogens is 1. The molecular weight excluding hydrogens is 308 g/mol. The number of carbonyl (C=O) groups is 2. The van der Waals surface area contributed by atoms with Crippen LogP contribution >= 0.6 is 11.3 Å². The molecule has 3 aromatic rings. The quantitative estimate of drug-likeness (QED) is 0.672. The molecule has 0 spiro atoms. The molecule has 1 aliphatic rings. The highest BCUT2D eigenvalue weighted by molar-refractivity contribution is 7.09. The van der Waals surface area contributed by atoms with Gasteiger partial charge in [0.05, 0.1) is 27.5 Å². The van der Waals surface area contributed by atoms with Gasteiger partial charge in [-0.05, 0) is 31.2 Å². The van der Waals surface area contributed by atoms with Gasteiger partial charge in [-0.15, -0.1) is 11.3 Å². The number of benzene rings is 2.